The fourth-order valence-electron chi connectivity index (χ4n) is 3.67. The Morgan fingerprint density at radius 3 is 2.65 bits per heavy atom. The third-order valence-corrected chi connectivity index (χ3v) is 6.62. The molecular formula is C21H26ClN5O3S. The third-order valence-electron chi connectivity index (χ3n) is 5.37. The molecule has 0 spiro atoms. The van der Waals surface area contributed by atoms with Crippen LogP contribution in [0.1, 0.15) is 56.8 Å². The van der Waals surface area contributed by atoms with Crippen molar-refractivity contribution in [1.29, 1.82) is 0 Å². The number of ether oxygens (including phenoxy) is 1. The van der Waals surface area contributed by atoms with Crippen LogP contribution in [0.2, 0.25) is 5.02 Å². The van der Waals surface area contributed by atoms with Gasteiger partial charge in [-0.1, -0.05) is 54.8 Å². The Balaban J connectivity index is 1.29. The van der Waals surface area contributed by atoms with Crippen molar-refractivity contribution < 1.29 is 14.3 Å². The zero-order valence-electron chi connectivity index (χ0n) is 17.2. The van der Waals surface area contributed by atoms with E-state index in [-0.39, 0.29) is 24.3 Å². The summed E-state index contributed by atoms with van der Waals surface area (Å²) in [7, 11) is 0. The summed E-state index contributed by atoms with van der Waals surface area (Å²) < 4.78 is 7.83. The molecule has 166 valence electrons. The van der Waals surface area contributed by atoms with Crippen molar-refractivity contribution in [1.82, 2.24) is 25.4 Å². The Morgan fingerprint density at radius 1 is 1.13 bits per heavy atom. The minimum absolute atomic E-state index is 0.0916. The molecule has 8 nitrogen and oxygen atoms in total. The normalized spacial score (nSPS) is 16.7. The first kappa shape index (κ1) is 22.0. The van der Waals surface area contributed by atoms with E-state index >= 15 is 0 Å². The van der Waals surface area contributed by atoms with Crippen LogP contribution in [0.4, 0.5) is 4.79 Å². The lowest BCUT2D eigenvalue weighted by Crippen LogP contribution is -2.45. The highest BCUT2D eigenvalue weighted by Gasteiger charge is 2.30. The van der Waals surface area contributed by atoms with Gasteiger partial charge in [0.2, 0.25) is 5.91 Å². The average Bonchev–Trinajstić information content (AvgIpc) is 3.52. The Bertz CT molecular complexity index is 927. The van der Waals surface area contributed by atoms with E-state index in [0.29, 0.717) is 27.8 Å². The van der Waals surface area contributed by atoms with Gasteiger partial charge >= 0.3 is 6.03 Å². The second kappa shape index (κ2) is 10.4. The monoisotopic (exact) mass is 463 g/mol. The molecule has 10 heteroatoms. The fourth-order valence-corrected chi connectivity index (χ4v) is 4.68. The second-order valence-corrected chi connectivity index (χ2v) is 9.21. The maximum Gasteiger partial charge on any atom is 0.321 e. The first-order valence-electron chi connectivity index (χ1n) is 10.6. The first-order chi connectivity index (χ1) is 15.1. The molecule has 0 atom stereocenters. The van der Waals surface area contributed by atoms with Gasteiger partial charge in [0.1, 0.15) is 12.4 Å². The Kier molecular flexibility index (Phi) is 7.34. The molecule has 4 rings (SSSR count). The van der Waals surface area contributed by atoms with Crippen molar-refractivity contribution in [3.05, 3.63) is 35.1 Å². The maximum atomic E-state index is 12.2. The van der Waals surface area contributed by atoms with Crippen LogP contribution in [0.25, 0.3) is 0 Å². The van der Waals surface area contributed by atoms with E-state index in [1.807, 2.05) is 16.7 Å². The van der Waals surface area contributed by atoms with Crippen LogP contribution in [-0.2, 0) is 11.4 Å². The Morgan fingerprint density at radius 2 is 1.90 bits per heavy atom. The predicted molar refractivity (Wildman–Crippen MR) is 118 cm³/mol. The van der Waals surface area contributed by atoms with E-state index in [2.05, 4.69) is 20.8 Å². The largest absolute Gasteiger partial charge is 0.484 e. The second-order valence-electron chi connectivity index (χ2n) is 7.86. The summed E-state index contributed by atoms with van der Waals surface area (Å²) in [4.78, 5) is 24.3. The molecule has 2 N–H and O–H groups in total. The highest BCUT2D eigenvalue weighted by atomic mass is 35.5. The predicted octanol–water partition coefficient (Wildman–Crippen LogP) is 4.10. The third kappa shape index (κ3) is 6.13. The van der Waals surface area contributed by atoms with Crippen LogP contribution < -0.4 is 15.4 Å². The summed E-state index contributed by atoms with van der Waals surface area (Å²) in [6.45, 7) is 0.240. The number of carbonyl (C=O) groups is 2. The molecule has 2 aliphatic rings. The van der Waals surface area contributed by atoms with E-state index < -0.39 is 6.03 Å². The number of nitrogens with one attached hydrogen (secondary N) is 2. The smallest absolute Gasteiger partial charge is 0.321 e. The van der Waals surface area contributed by atoms with Crippen LogP contribution in [-0.4, -0.2) is 38.5 Å². The summed E-state index contributed by atoms with van der Waals surface area (Å²) in [5.41, 5.74) is 0. The lowest BCUT2D eigenvalue weighted by atomic mass is 9.96. The molecular weight excluding hydrogens is 438 g/mol. The Hall–Kier alpha value is -2.26. The number of thioether (sulfide) groups is 1. The summed E-state index contributed by atoms with van der Waals surface area (Å²) in [5, 5.41) is 15.0. The first-order valence-corrected chi connectivity index (χ1v) is 12.0. The molecule has 1 heterocycles. The van der Waals surface area contributed by atoms with Crippen LogP contribution in [0, 0.1) is 0 Å². The molecule has 31 heavy (non-hydrogen) atoms. The van der Waals surface area contributed by atoms with E-state index in [4.69, 9.17) is 16.3 Å². The summed E-state index contributed by atoms with van der Waals surface area (Å²) in [6, 6.07) is 7.34. The molecule has 3 amide bonds. The van der Waals surface area contributed by atoms with Gasteiger partial charge in [-0.05, 0) is 37.8 Å². The topological polar surface area (TPSA) is 98.1 Å². The van der Waals surface area contributed by atoms with E-state index in [9.17, 15) is 9.59 Å². The molecule has 2 aromatic rings. The number of para-hydroxylation sites is 1. The number of urea groups is 1. The molecule has 0 saturated heterocycles. The van der Waals surface area contributed by atoms with Gasteiger partial charge in [-0.2, -0.15) is 0 Å². The van der Waals surface area contributed by atoms with Gasteiger partial charge in [0.15, 0.2) is 11.0 Å². The van der Waals surface area contributed by atoms with Gasteiger partial charge in [0.05, 0.1) is 10.8 Å². The van der Waals surface area contributed by atoms with Gasteiger partial charge < -0.3 is 10.1 Å². The number of benzene rings is 1. The number of hydrogen-bond donors (Lipinski definition) is 2. The maximum absolute atomic E-state index is 12.2. The molecule has 2 saturated carbocycles. The Labute approximate surface area is 190 Å². The van der Waals surface area contributed by atoms with Crippen molar-refractivity contribution >= 4 is 35.3 Å². The molecule has 0 bridgehead atoms. The number of aromatic nitrogens is 3. The van der Waals surface area contributed by atoms with Gasteiger partial charge in [-0.3, -0.25) is 14.7 Å². The number of hydrogen-bond acceptors (Lipinski definition) is 6. The lowest BCUT2D eigenvalue weighted by molar-refractivity contribution is -0.117. The minimum Gasteiger partial charge on any atom is -0.484 e. The van der Waals surface area contributed by atoms with Gasteiger partial charge in [0, 0.05) is 12.1 Å². The average molecular weight is 464 g/mol. The summed E-state index contributed by atoms with van der Waals surface area (Å²) in [6.07, 6.45) is 7.48. The quantitative estimate of drug-likeness (QED) is 0.572. The number of carbonyl (C=O) groups excluding carboxylic acids is 2. The van der Waals surface area contributed by atoms with Crippen LogP contribution in [0.5, 0.6) is 5.75 Å². The minimum atomic E-state index is -0.421. The number of imide groups is 1. The molecule has 1 aromatic carbocycles. The van der Waals surface area contributed by atoms with Gasteiger partial charge in [0.25, 0.3) is 0 Å². The molecule has 0 radical (unpaired) electrons. The number of rotatable bonds is 8. The molecule has 2 aliphatic carbocycles. The number of amides is 3. The van der Waals surface area contributed by atoms with Crippen molar-refractivity contribution in [2.24, 2.45) is 0 Å². The lowest BCUT2D eigenvalue weighted by Gasteiger charge is -2.22. The van der Waals surface area contributed by atoms with Gasteiger partial charge in [-0.25, -0.2) is 4.79 Å². The zero-order valence-corrected chi connectivity index (χ0v) is 18.8. The summed E-state index contributed by atoms with van der Waals surface area (Å²) >= 11 is 7.42. The van der Waals surface area contributed by atoms with Crippen molar-refractivity contribution in [2.45, 2.75) is 68.8 Å². The molecule has 2 fully saturated rings. The van der Waals surface area contributed by atoms with E-state index in [0.717, 1.165) is 38.5 Å². The van der Waals surface area contributed by atoms with Crippen LogP contribution >= 0.6 is 23.4 Å². The van der Waals surface area contributed by atoms with Crippen molar-refractivity contribution in [2.75, 3.05) is 5.75 Å². The van der Waals surface area contributed by atoms with E-state index in [1.165, 1.54) is 18.2 Å². The highest BCUT2D eigenvalue weighted by molar-refractivity contribution is 7.99. The van der Waals surface area contributed by atoms with Gasteiger partial charge in [-0.15, -0.1) is 10.2 Å². The SMILES string of the molecule is O=C(CSc1nnc(COc2ccccc2Cl)n1C1CC1)NC(=O)NC1CCCCC1. The van der Waals surface area contributed by atoms with E-state index in [1.54, 1.807) is 12.1 Å². The highest BCUT2D eigenvalue weighted by Crippen LogP contribution is 2.39. The van der Waals surface area contributed by atoms with Crippen LogP contribution in [0.3, 0.4) is 0 Å². The number of nitrogens with zero attached hydrogens (tertiary/aromatic N) is 3. The zero-order chi connectivity index (χ0) is 21.6. The molecule has 1 aromatic heterocycles. The molecule has 0 aliphatic heterocycles. The summed E-state index contributed by atoms with van der Waals surface area (Å²) in [5.74, 6) is 1.03. The van der Waals surface area contributed by atoms with Crippen molar-refractivity contribution in [3.63, 3.8) is 0 Å². The molecule has 0 unspecified atom stereocenters. The van der Waals surface area contributed by atoms with Crippen molar-refractivity contribution in [3.8, 4) is 5.75 Å². The van der Waals surface area contributed by atoms with Crippen LogP contribution in [0.15, 0.2) is 29.4 Å². The number of halogens is 1. The fraction of sp³-hybridized carbons (Fsp3) is 0.524. The standard InChI is InChI=1S/C21H26ClN5O3S/c22-16-8-4-5-9-17(16)30-12-18-25-26-21(27(18)15-10-11-15)31-13-19(28)24-20(29)23-14-6-2-1-3-7-14/h4-5,8-9,14-15H,1-3,6-7,10-13H2,(H2,23,24,28,29).